The molecule has 0 aliphatic heterocycles. The molecule has 0 atom stereocenters. The van der Waals surface area contributed by atoms with Gasteiger partial charge in [0.1, 0.15) is 0 Å². The summed E-state index contributed by atoms with van der Waals surface area (Å²) in [6.07, 6.45) is 0. The molecule has 38 heavy (non-hydrogen) atoms. The molecule has 2 heteroatoms. The Morgan fingerprint density at radius 1 is 0.395 bits per heavy atom. The number of thiophene rings is 1. The number of aromatic nitrogens is 1. The van der Waals surface area contributed by atoms with Gasteiger partial charge >= 0.3 is 0 Å². The average molecular weight is 502 g/mol. The molecule has 0 N–H and O–H groups in total. The Hall–Kier alpha value is -4.66. The first-order valence-electron chi connectivity index (χ1n) is 12.9. The first-order chi connectivity index (χ1) is 18.8. The van der Waals surface area contributed by atoms with Crippen molar-refractivity contribution in [2.24, 2.45) is 0 Å². The van der Waals surface area contributed by atoms with Gasteiger partial charge in [0.15, 0.2) is 0 Å². The topological polar surface area (TPSA) is 4.93 Å². The highest BCUT2D eigenvalue weighted by atomic mass is 32.1. The molecule has 0 aliphatic rings. The van der Waals surface area contributed by atoms with Crippen molar-refractivity contribution in [3.05, 3.63) is 140 Å². The molecule has 0 bridgehead atoms. The molecule has 6 aromatic carbocycles. The second kappa shape index (κ2) is 8.44. The molecule has 0 aliphatic carbocycles. The van der Waals surface area contributed by atoms with Crippen molar-refractivity contribution < 1.29 is 0 Å². The summed E-state index contributed by atoms with van der Waals surface area (Å²) < 4.78 is 5.12. The molecule has 0 radical (unpaired) electrons. The fraction of sp³-hybridized carbons (Fsp3) is 0. The van der Waals surface area contributed by atoms with Gasteiger partial charge in [0.2, 0.25) is 0 Å². The smallest absolute Gasteiger partial charge is 0.0555 e. The summed E-state index contributed by atoms with van der Waals surface area (Å²) in [5, 5.41) is 5.21. The van der Waals surface area contributed by atoms with E-state index >= 15 is 0 Å². The molecule has 178 valence electrons. The maximum atomic E-state index is 2.47. The summed E-state index contributed by atoms with van der Waals surface area (Å²) >= 11 is 1.87. The van der Waals surface area contributed by atoms with Crippen LogP contribution in [0.15, 0.2) is 140 Å². The van der Waals surface area contributed by atoms with E-state index in [1.165, 1.54) is 69.9 Å². The van der Waals surface area contributed by atoms with Gasteiger partial charge in [-0.2, -0.15) is 0 Å². The fourth-order valence-electron chi connectivity index (χ4n) is 5.86. The van der Waals surface area contributed by atoms with E-state index in [0.29, 0.717) is 0 Å². The van der Waals surface area contributed by atoms with Crippen molar-refractivity contribution in [3.8, 4) is 27.9 Å². The van der Waals surface area contributed by atoms with Crippen LogP contribution in [0.1, 0.15) is 0 Å². The van der Waals surface area contributed by atoms with Gasteiger partial charge in [0.05, 0.1) is 16.7 Å². The highest BCUT2D eigenvalue weighted by molar-refractivity contribution is 7.25. The van der Waals surface area contributed by atoms with Crippen molar-refractivity contribution in [3.63, 3.8) is 0 Å². The summed E-state index contributed by atoms with van der Waals surface area (Å²) in [5.74, 6) is 0. The van der Waals surface area contributed by atoms with Gasteiger partial charge in [-0.3, -0.25) is 0 Å². The largest absolute Gasteiger partial charge is 0.309 e. The number of rotatable bonds is 3. The standard InChI is InChI=1S/C36H23NS/c1-2-10-24(11-3-1)25-12-8-13-26(22-25)27-20-21-29-28-14-4-6-16-31(28)37(33(29)23-27)32-17-9-19-35-36(32)30-15-5-7-18-34(30)38-35/h1-23H. The number of benzene rings is 6. The molecule has 2 aromatic heterocycles. The lowest BCUT2D eigenvalue weighted by atomic mass is 9.98. The molecule has 0 fully saturated rings. The summed E-state index contributed by atoms with van der Waals surface area (Å²) in [6, 6.07) is 50.7. The Morgan fingerprint density at radius 3 is 1.92 bits per heavy atom. The molecule has 8 rings (SSSR count). The molecule has 0 saturated heterocycles. The summed E-state index contributed by atoms with van der Waals surface area (Å²) in [4.78, 5) is 0. The minimum Gasteiger partial charge on any atom is -0.309 e. The van der Waals surface area contributed by atoms with Gasteiger partial charge in [-0.25, -0.2) is 0 Å². The molecule has 1 nitrogen and oxygen atoms in total. The second-order valence-electron chi connectivity index (χ2n) is 9.78. The molecule has 0 amide bonds. The van der Waals surface area contributed by atoms with Crippen LogP contribution < -0.4 is 0 Å². The Labute approximate surface area is 224 Å². The fourth-order valence-corrected chi connectivity index (χ4v) is 6.99. The van der Waals surface area contributed by atoms with Crippen LogP contribution in [0.4, 0.5) is 0 Å². The molecule has 0 unspecified atom stereocenters. The van der Waals surface area contributed by atoms with E-state index < -0.39 is 0 Å². The number of fused-ring (bicyclic) bond motifs is 6. The quantitative estimate of drug-likeness (QED) is 0.227. The first-order valence-corrected chi connectivity index (χ1v) is 13.8. The van der Waals surface area contributed by atoms with Crippen LogP contribution in [-0.4, -0.2) is 4.57 Å². The molecule has 0 saturated carbocycles. The third-order valence-corrected chi connectivity index (χ3v) is 8.73. The van der Waals surface area contributed by atoms with Crippen molar-refractivity contribution >= 4 is 53.3 Å². The van der Waals surface area contributed by atoms with Crippen molar-refractivity contribution in [2.75, 3.05) is 0 Å². The first kappa shape index (κ1) is 21.4. The number of para-hydroxylation sites is 1. The van der Waals surface area contributed by atoms with Crippen LogP contribution in [0.5, 0.6) is 0 Å². The van der Waals surface area contributed by atoms with Crippen LogP contribution in [-0.2, 0) is 0 Å². The van der Waals surface area contributed by atoms with Crippen LogP contribution in [0.25, 0.3) is 69.9 Å². The second-order valence-corrected chi connectivity index (χ2v) is 10.9. The number of hydrogen-bond acceptors (Lipinski definition) is 1. The molecule has 8 aromatic rings. The van der Waals surface area contributed by atoms with Gasteiger partial charge in [-0.15, -0.1) is 11.3 Å². The Kier molecular flexibility index (Phi) is 4.76. The third kappa shape index (κ3) is 3.24. The number of nitrogens with zero attached hydrogens (tertiary/aromatic N) is 1. The van der Waals surface area contributed by atoms with E-state index in [0.717, 1.165) is 0 Å². The summed E-state index contributed by atoms with van der Waals surface area (Å²) in [7, 11) is 0. The zero-order valence-electron chi connectivity index (χ0n) is 20.6. The van der Waals surface area contributed by atoms with Gasteiger partial charge < -0.3 is 4.57 Å². The van der Waals surface area contributed by atoms with Gasteiger partial charge in [0.25, 0.3) is 0 Å². The molecule has 0 spiro atoms. The highest BCUT2D eigenvalue weighted by Crippen LogP contribution is 2.41. The molecular formula is C36H23NS. The normalized spacial score (nSPS) is 11.7. The monoisotopic (exact) mass is 501 g/mol. The van der Waals surface area contributed by atoms with E-state index in [4.69, 9.17) is 0 Å². The minimum atomic E-state index is 1.22. The average Bonchev–Trinajstić information content (AvgIpc) is 3.53. The summed E-state index contributed by atoms with van der Waals surface area (Å²) in [5.41, 5.74) is 8.63. The van der Waals surface area contributed by atoms with Crippen LogP contribution in [0.2, 0.25) is 0 Å². The molecule has 2 heterocycles. The predicted octanol–water partition coefficient (Wildman–Crippen LogP) is 10.5. The maximum Gasteiger partial charge on any atom is 0.0555 e. The Balaban J connectivity index is 1.42. The minimum absolute atomic E-state index is 1.22. The van der Waals surface area contributed by atoms with E-state index in [-0.39, 0.29) is 0 Å². The number of hydrogen-bond donors (Lipinski definition) is 0. The van der Waals surface area contributed by atoms with Crippen molar-refractivity contribution in [2.45, 2.75) is 0 Å². The Bertz CT molecular complexity index is 2130. The van der Waals surface area contributed by atoms with Crippen LogP contribution in [0, 0.1) is 0 Å². The zero-order valence-corrected chi connectivity index (χ0v) is 21.5. The SMILES string of the molecule is c1ccc(-c2cccc(-c3ccc4c5ccccc5n(-c5cccc6sc7ccccc7c56)c4c3)c2)cc1. The highest BCUT2D eigenvalue weighted by Gasteiger charge is 2.17. The van der Waals surface area contributed by atoms with Crippen molar-refractivity contribution in [1.29, 1.82) is 0 Å². The van der Waals surface area contributed by atoms with Gasteiger partial charge in [-0.05, 0) is 58.7 Å². The van der Waals surface area contributed by atoms with E-state index in [2.05, 4.69) is 144 Å². The lowest BCUT2D eigenvalue weighted by molar-refractivity contribution is 1.20. The molecular weight excluding hydrogens is 478 g/mol. The van der Waals surface area contributed by atoms with E-state index in [1.54, 1.807) is 0 Å². The zero-order chi connectivity index (χ0) is 25.1. The van der Waals surface area contributed by atoms with E-state index in [9.17, 15) is 0 Å². The van der Waals surface area contributed by atoms with Gasteiger partial charge in [0, 0.05) is 30.9 Å². The van der Waals surface area contributed by atoms with Crippen LogP contribution >= 0.6 is 11.3 Å². The predicted molar refractivity (Wildman–Crippen MR) is 165 cm³/mol. The third-order valence-electron chi connectivity index (χ3n) is 7.60. The van der Waals surface area contributed by atoms with Crippen LogP contribution in [0.3, 0.4) is 0 Å². The lowest BCUT2D eigenvalue weighted by Gasteiger charge is -2.11. The lowest BCUT2D eigenvalue weighted by Crippen LogP contribution is -1.94. The maximum absolute atomic E-state index is 2.47. The Morgan fingerprint density at radius 2 is 1.03 bits per heavy atom. The van der Waals surface area contributed by atoms with Crippen molar-refractivity contribution in [1.82, 2.24) is 4.57 Å². The summed E-state index contributed by atoms with van der Waals surface area (Å²) in [6.45, 7) is 0. The van der Waals surface area contributed by atoms with E-state index in [1.807, 2.05) is 11.3 Å². The van der Waals surface area contributed by atoms with Gasteiger partial charge in [-0.1, -0.05) is 103 Å².